The molecule has 108 valence electrons. The van der Waals surface area contributed by atoms with Crippen LogP contribution in [0.4, 0.5) is 0 Å². The monoisotopic (exact) mass is 306 g/mol. The summed E-state index contributed by atoms with van der Waals surface area (Å²) in [6.45, 7) is 0. The highest BCUT2D eigenvalue weighted by Crippen LogP contribution is 2.40. The van der Waals surface area contributed by atoms with Gasteiger partial charge < -0.3 is 4.74 Å². The van der Waals surface area contributed by atoms with E-state index in [1.807, 2.05) is 18.2 Å². The van der Waals surface area contributed by atoms with Gasteiger partial charge in [-0.2, -0.15) is 5.26 Å². The lowest BCUT2D eigenvalue weighted by Crippen LogP contribution is -1.93. The molecule has 2 aromatic heterocycles. The van der Waals surface area contributed by atoms with E-state index in [1.165, 1.54) is 33.7 Å². The average Bonchev–Trinajstić information content (AvgIpc) is 3.18. The Morgan fingerprint density at radius 2 is 2.05 bits per heavy atom. The lowest BCUT2D eigenvalue weighted by atomic mass is 9.96. The second kappa shape index (κ2) is 5.11. The number of rotatable bonds is 2. The average molecular weight is 306 g/mol. The first-order chi connectivity index (χ1) is 10.8. The Hall–Kier alpha value is -2.38. The van der Waals surface area contributed by atoms with Gasteiger partial charge in [-0.25, -0.2) is 4.98 Å². The number of hydrogen-bond donors (Lipinski definition) is 0. The molecule has 3 nitrogen and oxygen atoms in total. The first-order valence-corrected chi connectivity index (χ1v) is 8.11. The van der Waals surface area contributed by atoms with Gasteiger partial charge in [0.2, 0.25) is 0 Å². The van der Waals surface area contributed by atoms with Crippen molar-refractivity contribution in [2.24, 2.45) is 0 Å². The van der Waals surface area contributed by atoms with Crippen molar-refractivity contribution in [3.8, 4) is 22.9 Å². The summed E-state index contributed by atoms with van der Waals surface area (Å²) in [5, 5.41) is 10.3. The summed E-state index contributed by atoms with van der Waals surface area (Å²) in [5.74, 6) is 0.855. The molecule has 4 heteroatoms. The van der Waals surface area contributed by atoms with Crippen LogP contribution in [0.25, 0.3) is 21.3 Å². The molecule has 4 rings (SSSR count). The number of fused-ring (bicyclic) bond motifs is 2. The Balaban J connectivity index is 2.01. The molecule has 0 unspecified atom stereocenters. The fourth-order valence-corrected chi connectivity index (χ4v) is 4.05. The van der Waals surface area contributed by atoms with Crippen LogP contribution in [0.2, 0.25) is 0 Å². The molecule has 0 bridgehead atoms. The van der Waals surface area contributed by atoms with E-state index < -0.39 is 0 Å². The van der Waals surface area contributed by atoms with Gasteiger partial charge in [-0.1, -0.05) is 12.1 Å². The van der Waals surface area contributed by atoms with Gasteiger partial charge in [-0.05, 0) is 54.2 Å². The molecule has 0 amide bonds. The van der Waals surface area contributed by atoms with Crippen molar-refractivity contribution >= 4 is 21.6 Å². The Kier molecular flexibility index (Phi) is 3.09. The van der Waals surface area contributed by atoms with Crippen molar-refractivity contribution < 1.29 is 4.74 Å². The van der Waals surface area contributed by atoms with E-state index in [4.69, 9.17) is 9.72 Å². The number of pyridine rings is 1. The van der Waals surface area contributed by atoms with Crippen LogP contribution in [0.1, 0.15) is 22.6 Å². The topological polar surface area (TPSA) is 45.9 Å². The second-order valence-corrected chi connectivity index (χ2v) is 6.47. The van der Waals surface area contributed by atoms with Crippen molar-refractivity contribution in [2.45, 2.75) is 19.3 Å². The first-order valence-electron chi connectivity index (χ1n) is 7.30. The highest BCUT2D eigenvalue weighted by Gasteiger charge is 2.22. The Labute approximate surface area is 132 Å². The number of methoxy groups -OCH3 is 1. The van der Waals surface area contributed by atoms with Crippen molar-refractivity contribution in [3.63, 3.8) is 0 Å². The minimum absolute atomic E-state index is 0.723. The number of hydrogen-bond acceptors (Lipinski definition) is 4. The van der Waals surface area contributed by atoms with Crippen molar-refractivity contribution in [2.75, 3.05) is 7.11 Å². The van der Waals surface area contributed by atoms with Crippen molar-refractivity contribution in [1.82, 2.24) is 4.98 Å². The molecule has 0 N–H and O–H groups in total. The predicted molar refractivity (Wildman–Crippen MR) is 88.3 cm³/mol. The number of nitriles is 1. The van der Waals surface area contributed by atoms with Gasteiger partial charge in [-0.15, -0.1) is 11.3 Å². The normalized spacial score (nSPS) is 13.1. The van der Waals surface area contributed by atoms with Crippen LogP contribution in [0.3, 0.4) is 0 Å². The van der Waals surface area contributed by atoms with Gasteiger partial charge >= 0.3 is 0 Å². The molecule has 0 spiro atoms. The quantitative estimate of drug-likeness (QED) is 0.708. The Morgan fingerprint density at radius 1 is 1.23 bits per heavy atom. The fraction of sp³-hybridized carbons (Fsp3) is 0.222. The number of aryl methyl sites for hydroxylation is 1. The van der Waals surface area contributed by atoms with Crippen molar-refractivity contribution in [3.05, 3.63) is 46.5 Å². The van der Waals surface area contributed by atoms with E-state index in [0.717, 1.165) is 40.1 Å². The Morgan fingerprint density at radius 3 is 2.77 bits per heavy atom. The highest BCUT2D eigenvalue weighted by atomic mass is 32.1. The largest absolute Gasteiger partial charge is 0.497 e. The molecular weight excluding hydrogens is 292 g/mol. The fourth-order valence-electron chi connectivity index (χ4n) is 3.19. The minimum Gasteiger partial charge on any atom is -0.497 e. The molecule has 1 aliphatic carbocycles. The van der Waals surface area contributed by atoms with Gasteiger partial charge in [0.25, 0.3) is 0 Å². The second-order valence-electron chi connectivity index (χ2n) is 5.44. The summed E-state index contributed by atoms with van der Waals surface area (Å²) in [4.78, 5) is 6.49. The number of ether oxygens (including phenoxy) is 1. The molecular formula is C18H14N2OS. The zero-order valence-electron chi connectivity index (χ0n) is 12.2. The van der Waals surface area contributed by atoms with Gasteiger partial charge in [0.1, 0.15) is 21.5 Å². The maximum Gasteiger partial charge on any atom is 0.125 e. The lowest BCUT2D eigenvalue weighted by Gasteiger charge is -2.11. The van der Waals surface area contributed by atoms with E-state index in [9.17, 15) is 5.26 Å². The molecule has 0 radical (unpaired) electrons. The third-order valence-corrected chi connectivity index (χ3v) is 5.13. The maximum atomic E-state index is 9.19. The van der Waals surface area contributed by atoms with Gasteiger partial charge in [-0.3, -0.25) is 0 Å². The summed E-state index contributed by atoms with van der Waals surface area (Å²) in [5.41, 5.74) is 4.97. The van der Waals surface area contributed by atoms with Crippen LogP contribution in [0.5, 0.6) is 5.75 Å². The van der Waals surface area contributed by atoms with E-state index in [-0.39, 0.29) is 0 Å². The SMILES string of the molecule is COc1ccc(-c2c3c(nc4sc(C#N)cc24)CCC3)cc1. The van der Waals surface area contributed by atoms with E-state index >= 15 is 0 Å². The molecule has 1 aromatic carbocycles. The van der Waals surface area contributed by atoms with Crippen molar-refractivity contribution in [1.29, 1.82) is 5.26 Å². The molecule has 22 heavy (non-hydrogen) atoms. The molecule has 0 saturated carbocycles. The van der Waals surface area contributed by atoms with Crippen LogP contribution in [0.15, 0.2) is 30.3 Å². The zero-order valence-corrected chi connectivity index (χ0v) is 13.0. The summed E-state index contributed by atoms with van der Waals surface area (Å²) in [7, 11) is 1.68. The van der Waals surface area contributed by atoms with E-state index in [0.29, 0.717) is 0 Å². The lowest BCUT2D eigenvalue weighted by molar-refractivity contribution is 0.415. The molecule has 1 aliphatic rings. The van der Waals surface area contributed by atoms with Gasteiger partial charge in [0.05, 0.1) is 7.11 Å². The van der Waals surface area contributed by atoms with Gasteiger partial charge in [0, 0.05) is 11.1 Å². The van der Waals surface area contributed by atoms with Crippen LogP contribution >= 0.6 is 11.3 Å². The van der Waals surface area contributed by atoms with E-state index in [1.54, 1.807) is 7.11 Å². The van der Waals surface area contributed by atoms with Crippen LogP contribution in [-0.2, 0) is 12.8 Å². The Bertz CT molecular complexity index is 903. The van der Waals surface area contributed by atoms with Crippen LogP contribution in [0, 0.1) is 11.3 Å². The molecule has 0 aliphatic heterocycles. The third kappa shape index (κ3) is 1.98. The maximum absolute atomic E-state index is 9.19. The summed E-state index contributed by atoms with van der Waals surface area (Å²) < 4.78 is 5.25. The van der Waals surface area contributed by atoms with E-state index in [2.05, 4.69) is 18.2 Å². The predicted octanol–water partition coefficient (Wildman–Crippen LogP) is 4.33. The summed E-state index contributed by atoms with van der Waals surface area (Å²) in [6.07, 6.45) is 3.26. The molecule has 0 fully saturated rings. The molecule has 0 saturated heterocycles. The third-order valence-electron chi connectivity index (χ3n) is 4.20. The van der Waals surface area contributed by atoms with Gasteiger partial charge in [0.15, 0.2) is 0 Å². The summed E-state index contributed by atoms with van der Waals surface area (Å²) >= 11 is 1.48. The minimum atomic E-state index is 0.723. The smallest absolute Gasteiger partial charge is 0.125 e. The molecule has 0 atom stereocenters. The highest BCUT2D eigenvalue weighted by molar-refractivity contribution is 7.19. The van der Waals surface area contributed by atoms with Crippen LogP contribution < -0.4 is 4.74 Å². The van der Waals surface area contributed by atoms with Crippen LogP contribution in [-0.4, -0.2) is 12.1 Å². The number of aromatic nitrogens is 1. The zero-order chi connectivity index (χ0) is 15.1. The number of benzene rings is 1. The summed E-state index contributed by atoms with van der Waals surface area (Å²) in [6, 6.07) is 12.4. The number of nitrogens with zero attached hydrogens (tertiary/aromatic N) is 2. The number of thiophene rings is 1. The molecule has 3 aromatic rings. The first kappa shape index (κ1) is 13.3. The standard InChI is InChI=1S/C18H14N2OS/c1-21-12-7-5-11(6-8-12)17-14-3-2-4-16(14)20-18-15(17)9-13(10-19)22-18/h5-9H,2-4H2,1H3. The molecule has 2 heterocycles.